The van der Waals surface area contributed by atoms with E-state index in [4.69, 9.17) is 0 Å². The van der Waals surface area contributed by atoms with Crippen molar-refractivity contribution in [2.24, 2.45) is 0 Å². The third-order valence-corrected chi connectivity index (χ3v) is 5.70. The van der Waals surface area contributed by atoms with Gasteiger partial charge in [-0.15, -0.1) is 0 Å². The highest BCUT2D eigenvalue weighted by molar-refractivity contribution is 5.36. The Bertz CT molecular complexity index is 942. The van der Waals surface area contributed by atoms with Crippen LogP contribution in [0, 0.1) is 0 Å². The molecule has 4 rings (SSSR count). The summed E-state index contributed by atoms with van der Waals surface area (Å²) in [5.74, 6) is 0. The Balaban J connectivity index is 1.29. The summed E-state index contributed by atoms with van der Waals surface area (Å²) in [7, 11) is 0. The van der Waals surface area contributed by atoms with Crippen LogP contribution in [-0.4, -0.2) is 47.1 Å². The predicted molar refractivity (Wildman–Crippen MR) is 113 cm³/mol. The van der Waals surface area contributed by atoms with Gasteiger partial charge in [0.25, 0.3) is 0 Å². The highest BCUT2D eigenvalue weighted by atomic mass is 19.4. The molecule has 0 spiro atoms. The van der Waals surface area contributed by atoms with E-state index in [1.165, 1.54) is 17.7 Å². The Labute approximate surface area is 175 Å². The third-order valence-electron chi connectivity index (χ3n) is 5.70. The Morgan fingerprint density at radius 1 is 0.767 bits per heavy atom. The molecule has 3 nitrogen and oxygen atoms in total. The van der Waals surface area contributed by atoms with E-state index in [1.54, 1.807) is 12.1 Å². The maximum Gasteiger partial charge on any atom is 0.416 e. The lowest BCUT2D eigenvalue weighted by Gasteiger charge is -2.35. The molecule has 0 amide bonds. The summed E-state index contributed by atoms with van der Waals surface area (Å²) in [5, 5.41) is 0. The van der Waals surface area contributed by atoms with Crippen LogP contribution in [0.15, 0.2) is 73.1 Å². The average Bonchev–Trinajstić information content (AvgIpc) is 3.28. The van der Waals surface area contributed by atoms with Crippen LogP contribution >= 0.6 is 0 Å². The van der Waals surface area contributed by atoms with Gasteiger partial charge in [-0.3, -0.25) is 4.90 Å². The molecular formula is C24H26F3N3. The SMILES string of the molecule is FC(F)(F)c1ccccc1CCN1CCN(Cc2cccc(-n3cccc3)c2)CC1. The van der Waals surface area contributed by atoms with Crippen molar-refractivity contribution < 1.29 is 13.2 Å². The maximum absolute atomic E-state index is 13.2. The number of rotatable bonds is 6. The molecular weight excluding hydrogens is 387 g/mol. The lowest BCUT2D eigenvalue weighted by Crippen LogP contribution is -2.46. The minimum atomic E-state index is -4.29. The fourth-order valence-corrected chi connectivity index (χ4v) is 4.04. The van der Waals surface area contributed by atoms with Crippen LogP contribution in [0.25, 0.3) is 5.69 Å². The predicted octanol–water partition coefficient (Wildman–Crippen LogP) is 4.86. The molecule has 2 aromatic carbocycles. The smallest absolute Gasteiger partial charge is 0.324 e. The quantitative estimate of drug-likeness (QED) is 0.572. The first-order valence-corrected chi connectivity index (χ1v) is 10.3. The number of hydrogen-bond acceptors (Lipinski definition) is 2. The second kappa shape index (κ2) is 9.06. The summed E-state index contributed by atoms with van der Waals surface area (Å²) < 4.78 is 41.6. The second-order valence-electron chi connectivity index (χ2n) is 7.78. The van der Waals surface area contributed by atoms with Crippen LogP contribution in [0.4, 0.5) is 13.2 Å². The van der Waals surface area contributed by atoms with Gasteiger partial charge in [-0.05, 0) is 47.9 Å². The molecule has 0 aliphatic carbocycles. The largest absolute Gasteiger partial charge is 0.416 e. The lowest BCUT2D eigenvalue weighted by atomic mass is 10.0. The molecule has 2 heterocycles. The second-order valence-corrected chi connectivity index (χ2v) is 7.78. The number of nitrogens with zero attached hydrogens (tertiary/aromatic N) is 3. The van der Waals surface area contributed by atoms with Gasteiger partial charge in [0.15, 0.2) is 0 Å². The molecule has 1 saturated heterocycles. The zero-order valence-corrected chi connectivity index (χ0v) is 16.9. The monoisotopic (exact) mass is 413 g/mol. The lowest BCUT2D eigenvalue weighted by molar-refractivity contribution is -0.138. The van der Waals surface area contributed by atoms with Crippen molar-refractivity contribution in [1.82, 2.24) is 14.4 Å². The zero-order chi connectivity index (χ0) is 21.0. The number of alkyl halides is 3. The van der Waals surface area contributed by atoms with Crippen molar-refractivity contribution in [3.8, 4) is 5.69 Å². The number of hydrogen-bond donors (Lipinski definition) is 0. The van der Waals surface area contributed by atoms with E-state index >= 15 is 0 Å². The van der Waals surface area contributed by atoms with E-state index in [0.717, 1.165) is 38.4 Å². The molecule has 1 aliphatic heterocycles. The highest BCUT2D eigenvalue weighted by Crippen LogP contribution is 2.32. The van der Waals surface area contributed by atoms with Gasteiger partial charge in [-0.25, -0.2) is 0 Å². The van der Waals surface area contributed by atoms with Gasteiger partial charge in [0.05, 0.1) is 5.56 Å². The Morgan fingerprint density at radius 3 is 2.20 bits per heavy atom. The van der Waals surface area contributed by atoms with Gasteiger partial charge in [0.2, 0.25) is 0 Å². The number of halogens is 3. The normalized spacial score (nSPS) is 16.1. The Hall–Kier alpha value is -2.57. The summed E-state index contributed by atoms with van der Waals surface area (Å²) >= 11 is 0. The van der Waals surface area contributed by atoms with Gasteiger partial charge in [0, 0.05) is 57.3 Å². The molecule has 1 aromatic heterocycles. The third kappa shape index (κ3) is 5.12. The fraction of sp³-hybridized carbons (Fsp3) is 0.333. The van der Waals surface area contributed by atoms with Gasteiger partial charge in [-0.1, -0.05) is 30.3 Å². The topological polar surface area (TPSA) is 11.4 Å². The van der Waals surface area contributed by atoms with Gasteiger partial charge >= 0.3 is 6.18 Å². The first-order chi connectivity index (χ1) is 14.5. The molecule has 6 heteroatoms. The summed E-state index contributed by atoms with van der Waals surface area (Å²) in [6, 6.07) is 18.5. The molecule has 3 aromatic rings. The Morgan fingerprint density at radius 2 is 1.47 bits per heavy atom. The van der Waals surface area contributed by atoms with Gasteiger partial charge in [-0.2, -0.15) is 13.2 Å². The molecule has 0 radical (unpaired) electrons. The molecule has 1 aliphatic rings. The highest BCUT2D eigenvalue weighted by Gasteiger charge is 2.32. The van der Waals surface area contributed by atoms with E-state index < -0.39 is 11.7 Å². The van der Waals surface area contributed by atoms with Crippen LogP contribution in [0.3, 0.4) is 0 Å². The first kappa shape index (κ1) is 20.7. The zero-order valence-electron chi connectivity index (χ0n) is 16.9. The van der Waals surface area contributed by atoms with Crippen LogP contribution in [-0.2, 0) is 19.1 Å². The van der Waals surface area contributed by atoms with Crippen molar-refractivity contribution in [2.45, 2.75) is 19.1 Å². The van der Waals surface area contributed by atoms with E-state index in [0.29, 0.717) is 18.5 Å². The first-order valence-electron chi connectivity index (χ1n) is 10.3. The van der Waals surface area contributed by atoms with Gasteiger partial charge in [0.1, 0.15) is 0 Å². The molecule has 30 heavy (non-hydrogen) atoms. The molecule has 0 N–H and O–H groups in total. The molecule has 1 fully saturated rings. The van der Waals surface area contributed by atoms with E-state index in [1.807, 2.05) is 24.5 Å². The molecule has 158 valence electrons. The van der Waals surface area contributed by atoms with Crippen molar-refractivity contribution >= 4 is 0 Å². The van der Waals surface area contributed by atoms with Crippen molar-refractivity contribution in [3.63, 3.8) is 0 Å². The van der Waals surface area contributed by atoms with Crippen LogP contribution in [0.1, 0.15) is 16.7 Å². The number of piperazine rings is 1. The summed E-state index contributed by atoms with van der Waals surface area (Å²) in [5.41, 5.74) is 2.30. The number of benzene rings is 2. The minimum Gasteiger partial charge on any atom is -0.324 e. The number of aromatic nitrogens is 1. The van der Waals surface area contributed by atoms with E-state index in [9.17, 15) is 13.2 Å². The summed E-state index contributed by atoms with van der Waals surface area (Å²) in [6.45, 7) is 5.16. The average molecular weight is 413 g/mol. The fourth-order valence-electron chi connectivity index (χ4n) is 4.04. The van der Waals surface area contributed by atoms with Crippen molar-refractivity contribution in [2.75, 3.05) is 32.7 Å². The standard InChI is InChI=1S/C24H26F3N3/c25-24(26,27)23-9-2-1-7-21(23)10-13-28-14-16-29(17-15-28)19-20-6-5-8-22(18-20)30-11-3-4-12-30/h1-9,11-12,18H,10,13-17,19H2. The van der Waals surface area contributed by atoms with Crippen molar-refractivity contribution in [1.29, 1.82) is 0 Å². The maximum atomic E-state index is 13.2. The van der Waals surface area contributed by atoms with Gasteiger partial charge < -0.3 is 9.47 Å². The molecule has 0 unspecified atom stereocenters. The van der Waals surface area contributed by atoms with E-state index in [2.05, 4.69) is 38.6 Å². The molecule has 0 saturated carbocycles. The van der Waals surface area contributed by atoms with Crippen molar-refractivity contribution in [3.05, 3.63) is 89.7 Å². The molecule has 0 atom stereocenters. The van der Waals surface area contributed by atoms with Crippen LogP contribution < -0.4 is 0 Å². The Kier molecular flexibility index (Phi) is 6.25. The summed E-state index contributed by atoms with van der Waals surface area (Å²) in [6.07, 6.45) is 0.211. The van der Waals surface area contributed by atoms with Crippen LogP contribution in [0.2, 0.25) is 0 Å². The van der Waals surface area contributed by atoms with E-state index in [-0.39, 0.29) is 0 Å². The minimum absolute atomic E-state index is 0.384. The molecule has 0 bridgehead atoms. The van der Waals surface area contributed by atoms with Crippen LogP contribution in [0.5, 0.6) is 0 Å². The summed E-state index contributed by atoms with van der Waals surface area (Å²) in [4.78, 5) is 4.68.